The van der Waals surface area contributed by atoms with Gasteiger partial charge in [0.15, 0.2) is 0 Å². The molecule has 0 rings (SSSR count). The fourth-order valence-corrected chi connectivity index (χ4v) is 4.39. The molecule has 4 nitrogen and oxygen atoms in total. The van der Waals surface area contributed by atoms with Crippen LogP contribution in [0.4, 0.5) is 0 Å². The third kappa shape index (κ3) is 21.4. The van der Waals surface area contributed by atoms with E-state index in [2.05, 4.69) is 6.92 Å². The van der Waals surface area contributed by atoms with Crippen molar-refractivity contribution >= 4 is 10.1 Å². The molecule has 6 heteroatoms. The summed E-state index contributed by atoms with van der Waals surface area (Å²) in [6.07, 6.45) is 19.0. The zero-order valence-electron chi connectivity index (χ0n) is 18.1. The van der Waals surface area contributed by atoms with Gasteiger partial charge in [0.25, 0.3) is 0 Å². The van der Waals surface area contributed by atoms with E-state index in [-0.39, 0.29) is 29.6 Å². The molecule has 0 aromatic rings. The van der Waals surface area contributed by atoms with Crippen LogP contribution in [-0.4, -0.2) is 29.9 Å². The Hall–Kier alpha value is 0.870. The van der Waals surface area contributed by atoms with Crippen molar-refractivity contribution in [1.29, 1.82) is 0 Å². The van der Waals surface area contributed by atoms with Crippen molar-refractivity contribution in [3.05, 3.63) is 0 Å². The van der Waals surface area contributed by atoms with E-state index in [1.165, 1.54) is 51.4 Å². The molecule has 0 amide bonds. The molecule has 1 N–H and O–H groups in total. The molecule has 158 valence electrons. The van der Waals surface area contributed by atoms with E-state index < -0.39 is 15.4 Å². The topological polar surface area (TPSA) is 77.4 Å². The first-order valence-electron chi connectivity index (χ1n) is 11.1. The summed E-state index contributed by atoms with van der Waals surface area (Å²) in [5, 5.41) is 8.04. The van der Waals surface area contributed by atoms with Gasteiger partial charge < -0.3 is 9.66 Å². The van der Waals surface area contributed by atoms with Crippen LogP contribution in [-0.2, 0) is 10.1 Å². The third-order valence-electron chi connectivity index (χ3n) is 5.22. The second kappa shape index (κ2) is 21.6. The standard InChI is InChI=1S/C21H44O4S.Na/c1-2-3-4-5-9-12-15-18-21(26(23,24)25)19-16-13-10-7-6-8-11-14-17-20-22;/h21-22H,2-20H2,1H3,(H,23,24,25);/q;+1/p-1. The zero-order chi connectivity index (χ0) is 19.5. The van der Waals surface area contributed by atoms with E-state index >= 15 is 0 Å². The molecule has 0 spiro atoms. The van der Waals surface area contributed by atoms with E-state index in [0.29, 0.717) is 19.4 Å². The molecule has 0 aliphatic rings. The van der Waals surface area contributed by atoms with Crippen LogP contribution in [0.15, 0.2) is 0 Å². The summed E-state index contributed by atoms with van der Waals surface area (Å²) in [6.45, 7) is 2.49. The second-order valence-electron chi connectivity index (χ2n) is 7.72. The number of aliphatic hydroxyl groups excluding tert-OH is 1. The molecule has 0 bridgehead atoms. The molecule has 0 heterocycles. The summed E-state index contributed by atoms with van der Waals surface area (Å²) in [5.41, 5.74) is 0. The van der Waals surface area contributed by atoms with Crippen molar-refractivity contribution in [2.75, 3.05) is 6.61 Å². The molecule has 1 unspecified atom stereocenters. The first-order valence-corrected chi connectivity index (χ1v) is 12.5. The van der Waals surface area contributed by atoms with Gasteiger partial charge in [-0.1, -0.05) is 103 Å². The number of unbranched alkanes of at least 4 members (excludes halogenated alkanes) is 14. The summed E-state index contributed by atoms with van der Waals surface area (Å²) in [7, 11) is -4.15. The van der Waals surface area contributed by atoms with E-state index in [1.807, 2.05) is 0 Å². The predicted octanol–water partition coefficient (Wildman–Crippen LogP) is 2.94. The fraction of sp³-hybridized carbons (Fsp3) is 1.00. The van der Waals surface area contributed by atoms with E-state index in [1.54, 1.807) is 0 Å². The minimum atomic E-state index is -4.15. The molecule has 0 fully saturated rings. The van der Waals surface area contributed by atoms with Gasteiger partial charge in [-0.05, 0) is 19.3 Å². The molecule has 0 aliphatic carbocycles. The molecule has 0 saturated heterocycles. The van der Waals surface area contributed by atoms with Gasteiger partial charge in [-0.2, -0.15) is 0 Å². The van der Waals surface area contributed by atoms with Crippen molar-refractivity contribution < 1.29 is 47.6 Å². The number of hydrogen-bond acceptors (Lipinski definition) is 4. The van der Waals surface area contributed by atoms with Crippen molar-refractivity contribution in [3.8, 4) is 0 Å². The van der Waals surface area contributed by atoms with E-state index in [0.717, 1.165) is 51.4 Å². The Bertz CT molecular complexity index is 388. The fourth-order valence-electron chi connectivity index (χ4n) is 3.48. The SMILES string of the molecule is CCCCCCCCCC(CCCCCCCCCCCO)S(=O)(=O)[O-].[Na+]. The van der Waals surface area contributed by atoms with Crippen LogP contribution in [0.3, 0.4) is 0 Å². The van der Waals surface area contributed by atoms with Gasteiger partial charge in [0.1, 0.15) is 0 Å². The molecule has 0 saturated carbocycles. The van der Waals surface area contributed by atoms with Crippen LogP contribution >= 0.6 is 0 Å². The van der Waals surface area contributed by atoms with Crippen molar-refractivity contribution in [2.45, 2.75) is 128 Å². The quantitative estimate of drug-likeness (QED) is 0.189. The molecule has 0 aliphatic heterocycles. The minimum Gasteiger partial charge on any atom is -0.748 e. The van der Waals surface area contributed by atoms with E-state index in [4.69, 9.17) is 5.11 Å². The monoisotopic (exact) mass is 414 g/mol. The minimum absolute atomic E-state index is 0. The molecule has 1 atom stereocenters. The van der Waals surface area contributed by atoms with Gasteiger partial charge in [-0.25, -0.2) is 8.42 Å². The van der Waals surface area contributed by atoms with Crippen LogP contribution in [0.5, 0.6) is 0 Å². The van der Waals surface area contributed by atoms with Gasteiger partial charge in [0, 0.05) is 11.9 Å². The second-order valence-corrected chi connectivity index (χ2v) is 9.37. The average molecular weight is 415 g/mol. The normalized spacial score (nSPS) is 12.7. The molecule has 0 aromatic carbocycles. The zero-order valence-corrected chi connectivity index (χ0v) is 20.9. The average Bonchev–Trinajstić information content (AvgIpc) is 2.59. The Labute approximate surface area is 191 Å². The maximum atomic E-state index is 11.5. The smallest absolute Gasteiger partial charge is 0.748 e. The molecular weight excluding hydrogens is 371 g/mol. The van der Waals surface area contributed by atoms with Crippen LogP contribution in [0.1, 0.15) is 122 Å². The first kappa shape index (κ1) is 30.1. The summed E-state index contributed by atoms with van der Waals surface area (Å²) < 4.78 is 34.4. The van der Waals surface area contributed by atoms with Crippen molar-refractivity contribution in [1.82, 2.24) is 0 Å². The van der Waals surface area contributed by atoms with Crippen molar-refractivity contribution in [3.63, 3.8) is 0 Å². The molecular formula is C21H43NaO4S. The summed E-state index contributed by atoms with van der Waals surface area (Å²) >= 11 is 0. The Morgan fingerprint density at radius 3 is 1.33 bits per heavy atom. The summed E-state index contributed by atoms with van der Waals surface area (Å²) in [5.74, 6) is 0. The third-order valence-corrected chi connectivity index (χ3v) is 6.51. The Kier molecular flexibility index (Phi) is 24.0. The predicted molar refractivity (Wildman–Crippen MR) is 109 cm³/mol. The van der Waals surface area contributed by atoms with Gasteiger partial charge >= 0.3 is 29.6 Å². The van der Waals surface area contributed by atoms with Crippen LogP contribution < -0.4 is 29.6 Å². The maximum absolute atomic E-state index is 11.5. The van der Waals surface area contributed by atoms with Gasteiger partial charge in [-0.3, -0.25) is 0 Å². The number of aliphatic hydroxyl groups is 1. The van der Waals surface area contributed by atoms with Gasteiger partial charge in [0.05, 0.1) is 10.1 Å². The van der Waals surface area contributed by atoms with E-state index in [9.17, 15) is 13.0 Å². The number of rotatable bonds is 20. The molecule has 27 heavy (non-hydrogen) atoms. The maximum Gasteiger partial charge on any atom is 1.00 e. The molecule has 0 radical (unpaired) electrons. The first-order chi connectivity index (χ1) is 12.5. The van der Waals surface area contributed by atoms with Crippen LogP contribution in [0.25, 0.3) is 0 Å². The van der Waals surface area contributed by atoms with Crippen LogP contribution in [0, 0.1) is 0 Å². The Balaban J connectivity index is 0. The van der Waals surface area contributed by atoms with Crippen LogP contribution in [0.2, 0.25) is 0 Å². The Morgan fingerprint density at radius 2 is 1.00 bits per heavy atom. The van der Waals surface area contributed by atoms with Gasteiger partial charge in [0.2, 0.25) is 0 Å². The Morgan fingerprint density at radius 1 is 0.667 bits per heavy atom. The largest absolute Gasteiger partial charge is 1.00 e. The van der Waals surface area contributed by atoms with Crippen molar-refractivity contribution in [2.24, 2.45) is 0 Å². The summed E-state index contributed by atoms with van der Waals surface area (Å²) in [4.78, 5) is 0. The molecule has 0 aromatic heterocycles. The van der Waals surface area contributed by atoms with Gasteiger partial charge in [-0.15, -0.1) is 0 Å². The number of hydrogen-bond donors (Lipinski definition) is 1. The summed E-state index contributed by atoms with van der Waals surface area (Å²) in [6, 6.07) is 0.